The minimum atomic E-state index is -0.449. The molecule has 2 aromatic rings. The lowest BCUT2D eigenvalue weighted by atomic mass is 10.1. The zero-order valence-corrected chi connectivity index (χ0v) is 13.7. The number of hydrogen-bond donors (Lipinski definition) is 0. The van der Waals surface area contributed by atoms with Crippen molar-refractivity contribution in [2.24, 2.45) is 0 Å². The van der Waals surface area contributed by atoms with Gasteiger partial charge in [-0.15, -0.1) is 6.42 Å². The highest BCUT2D eigenvalue weighted by atomic mass is 16.5. The van der Waals surface area contributed by atoms with Gasteiger partial charge in [0.2, 0.25) is 0 Å². The highest BCUT2D eigenvalue weighted by molar-refractivity contribution is 5.91. The summed E-state index contributed by atoms with van der Waals surface area (Å²) in [7, 11) is 3.02. The van der Waals surface area contributed by atoms with Crippen LogP contribution >= 0.6 is 0 Å². The molecular weight excluding hydrogens is 304 g/mol. The molecule has 0 N–H and O–H groups in total. The number of ether oxygens (including phenoxy) is 2. The Morgan fingerprint density at radius 3 is 2.25 bits per heavy atom. The molecule has 0 spiro atoms. The fourth-order valence-corrected chi connectivity index (χ4v) is 2.53. The molecule has 0 bridgehead atoms. The van der Waals surface area contributed by atoms with Gasteiger partial charge in [-0.1, -0.05) is 24.1 Å². The lowest BCUT2D eigenvalue weighted by Gasteiger charge is -2.11. The first-order valence-corrected chi connectivity index (χ1v) is 7.35. The number of benzene rings is 2. The fraction of sp³-hybridized carbons (Fsp3) is 0.150. The van der Waals surface area contributed by atoms with E-state index in [-0.39, 0.29) is 0 Å². The summed E-state index contributed by atoms with van der Waals surface area (Å²) >= 11 is 0. The average molecular weight is 320 g/mol. The Kier molecular flexibility index (Phi) is 4.01. The minimum Gasteiger partial charge on any atom is -0.496 e. The lowest BCUT2D eigenvalue weighted by molar-refractivity contribution is 0.396. The number of terminal acetylenes is 1. The van der Waals surface area contributed by atoms with Crippen LogP contribution in [0.1, 0.15) is 11.1 Å². The summed E-state index contributed by atoms with van der Waals surface area (Å²) in [6.07, 6.45) is 5.35. The van der Waals surface area contributed by atoms with Crippen LogP contribution in [-0.2, 0) is 0 Å². The third-order valence-corrected chi connectivity index (χ3v) is 3.85. The third-order valence-electron chi connectivity index (χ3n) is 3.85. The second-order valence-electron chi connectivity index (χ2n) is 5.32. The molecule has 4 heteroatoms. The van der Waals surface area contributed by atoms with E-state index in [1.54, 1.807) is 19.1 Å². The molecule has 1 heterocycles. The van der Waals surface area contributed by atoms with Gasteiger partial charge in [0.05, 0.1) is 19.8 Å². The highest BCUT2D eigenvalue weighted by Crippen LogP contribution is 2.35. The van der Waals surface area contributed by atoms with Gasteiger partial charge >= 0.3 is 5.63 Å². The number of hydrogen-bond acceptors (Lipinski definition) is 4. The number of methoxy groups -OCH3 is 2. The summed E-state index contributed by atoms with van der Waals surface area (Å²) in [5.74, 6) is 3.45. The van der Waals surface area contributed by atoms with E-state index in [2.05, 4.69) is 30.2 Å². The molecule has 1 aromatic heterocycles. The number of rotatable bonds is 2. The molecule has 0 fully saturated rings. The van der Waals surface area contributed by atoms with Gasteiger partial charge in [0.25, 0.3) is 0 Å². The largest absolute Gasteiger partial charge is 0.496 e. The molecule has 1 aromatic carbocycles. The van der Waals surface area contributed by atoms with Crippen LogP contribution in [0, 0.1) is 19.3 Å². The van der Waals surface area contributed by atoms with Gasteiger partial charge in [0, 0.05) is 5.56 Å². The molecule has 0 saturated carbocycles. The first-order chi connectivity index (χ1) is 11.6. The van der Waals surface area contributed by atoms with Gasteiger partial charge in [-0.05, 0) is 36.2 Å². The summed E-state index contributed by atoms with van der Waals surface area (Å²) in [6.45, 7) is 1.64. The van der Waals surface area contributed by atoms with Gasteiger partial charge in [0.15, 0.2) is 0 Å². The summed E-state index contributed by atoms with van der Waals surface area (Å²) in [4.78, 5) is 11.7. The zero-order valence-electron chi connectivity index (χ0n) is 13.7. The molecule has 2 aliphatic carbocycles. The van der Waals surface area contributed by atoms with E-state index in [1.807, 2.05) is 0 Å². The van der Waals surface area contributed by atoms with E-state index in [9.17, 15) is 4.79 Å². The highest BCUT2D eigenvalue weighted by Gasteiger charge is 2.16. The van der Waals surface area contributed by atoms with Crippen LogP contribution in [0.5, 0.6) is 11.5 Å². The van der Waals surface area contributed by atoms with Crippen LogP contribution in [-0.4, -0.2) is 14.2 Å². The van der Waals surface area contributed by atoms with Crippen molar-refractivity contribution in [1.29, 1.82) is 0 Å². The average Bonchev–Trinajstić information content (AvgIpc) is 3.21. The van der Waals surface area contributed by atoms with Crippen LogP contribution in [0.15, 0.2) is 45.6 Å². The Balaban J connectivity index is 0.000000231. The SMILES string of the molecule is C#Cc1cc(OC)c2c(OC)c(C)c(=O)oc2c1.c1cc2cc-2c1. The molecule has 0 radical (unpaired) electrons. The summed E-state index contributed by atoms with van der Waals surface area (Å²) < 4.78 is 15.7. The van der Waals surface area contributed by atoms with Crippen LogP contribution in [0.4, 0.5) is 0 Å². The normalized spacial score (nSPS) is 10.4. The van der Waals surface area contributed by atoms with E-state index in [0.717, 1.165) is 0 Å². The quantitative estimate of drug-likeness (QED) is 0.417. The second kappa shape index (κ2) is 6.13. The van der Waals surface area contributed by atoms with E-state index in [1.165, 1.54) is 25.3 Å². The van der Waals surface area contributed by atoms with Gasteiger partial charge in [-0.3, -0.25) is 0 Å². The summed E-state index contributed by atoms with van der Waals surface area (Å²) in [5.41, 5.74) is 3.74. The van der Waals surface area contributed by atoms with Crippen molar-refractivity contribution in [3.63, 3.8) is 0 Å². The zero-order chi connectivity index (χ0) is 17.3. The van der Waals surface area contributed by atoms with Crippen molar-refractivity contribution >= 4 is 11.0 Å². The van der Waals surface area contributed by atoms with Gasteiger partial charge in [0.1, 0.15) is 22.5 Å². The van der Waals surface area contributed by atoms with E-state index in [4.69, 9.17) is 20.3 Å². The van der Waals surface area contributed by atoms with E-state index in [0.29, 0.717) is 33.6 Å². The Hall–Kier alpha value is -3.19. The minimum absolute atomic E-state index is 0.356. The summed E-state index contributed by atoms with van der Waals surface area (Å²) in [5, 5.41) is 0.608. The van der Waals surface area contributed by atoms with Crippen molar-refractivity contribution in [2.75, 3.05) is 14.2 Å². The fourth-order valence-electron chi connectivity index (χ4n) is 2.53. The topological polar surface area (TPSA) is 48.7 Å². The first-order valence-electron chi connectivity index (χ1n) is 7.35. The van der Waals surface area contributed by atoms with Crippen molar-refractivity contribution in [3.8, 4) is 35.0 Å². The molecule has 4 nitrogen and oxygen atoms in total. The van der Waals surface area contributed by atoms with E-state index >= 15 is 0 Å². The lowest BCUT2D eigenvalue weighted by Crippen LogP contribution is -2.06. The van der Waals surface area contributed by atoms with Crippen molar-refractivity contribution in [2.45, 2.75) is 6.92 Å². The van der Waals surface area contributed by atoms with Crippen molar-refractivity contribution in [1.82, 2.24) is 0 Å². The monoisotopic (exact) mass is 320 g/mol. The van der Waals surface area contributed by atoms with Gasteiger partial charge < -0.3 is 13.9 Å². The van der Waals surface area contributed by atoms with Crippen LogP contribution in [0.2, 0.25) is 0 Å². The Morgan fingerprint density at radius 1 is 1.08 bits per heavy atom. The smallest absolute Gasteiger partial charge is 0.342 e. The maximum Gasteiger partial charge on any atom is 0.342 e. The molecule has 120 valence electrons. The standard InChI is InChI=1S/C14H12O4.C6H4/c1-5-9-6-10(16-3)12-11(7-9)18-14(15)8(2)13(12)17-4;1-2-5-4-6(5)3-1/h1,6-7H,2-4H3;1-4H. The third kappa shape index (κ3) is 2.72. The van der Waals surface area contributed by atoms with Gasteiger partial charge in [-0.25, -0.2) is 4.79 Å². The molecule has 2 aliphatic rings. The second-order valence-corrected chi connectivity index (χ2v) is 5.32. The molecule has 4 rings (SSSR count). The Labute approximate surface area is 139 Å². The predicted molar refractivity (Wildman–Crippen MR) is 93.7 cm³/mol. The van der Waals surface area contributed by atoms with Crippen molar-refractivity contribution < 1.29 is 13.9 Å². The van der Waals surface area contributed by atoms with Crippen LogP contribution in [0.3, 0.4) is 0 Å². The number of fused-ring (bicyclic) bond motifs is 2. The predicted octanol–water partition coefficient (Wildman–Crippen LogP) is 3.77. The molecule has 0 atom stereocenters. The maximum absolute atomic E-state index is 11.7. The maximum atomic E-state index is 11.7. The molecule has 0 saturated heterocycles. The molecule has 0 unspecified atom stereocenters. The van der Waals surface area contributed by atoms with Crippen LogP contribution < -0.4 is 15.1 Å². The first kappa shape index (κ1) is 15.7. The van der Waals surface area contributed by atoms with Crippen LogP contribution in [0.25, 0.3) is 22.1 Å². The molecule has 24 heavy (non-hydrogen) atoms. The Bertz CT molecular complexity index is 1000. The van der Waals surface area contributed by atoms with Crippen molar-refractivity contribution in [3.05, 3.63) is 57.9 Å². The van der Waals surface area contributed by atoms with E-state index < -0.39 is 5.63 Å². The molecule has 0 aliphatic heterocycles. The molecular formula is C20H16O4. The summed E-state index contributed by atoms with van der Waals surface area (Å²) in [6, 6.07) is 11.8. The molecule has 0 amide bonds. The Morgan fingerprint density at radius 2 is 1.79 bits per heavy atom. The van der Waals surface area contributed by atoms with Gasteiger partial charge in [-0.2, -0.15) is 0 Å².